The Morgan fingerprint density at radius 2 is 0.850 bits per heavy atom. The minimum atomic E-state index is 1.27. The van der Waals surface area contributed by atoms with Crippen molar-refractivity contribution in [3.8, 4) is 22.3 Å². The van der Waals surface area contributed by atoms with Gasteiger partial charge in [-0.25, -0.2) is 0 Å². The molecule has 0 amide bonds. The third kappa shape index (κ3) is 3.33. The molecule has 0 heteroatoms. The van der Waals surface area contributed by atoms with Crippen LogP contribution in [0, 0.1) is 13.8 Å². The summed E-state index contributed by atoms with van der Waals surface area (Å²) in [7, 11) is 0. The quantitative estimate of drug-likeness (QED) is 0.204. The Kier molecular flexibility index (Phi) is 5.06. The van der Waals surface area contributed by atoms with Crippen molar-refractivity contribution in [3.05, 3.63) is 145 Å². The van der Waals surface area contributed by atoms with Crippen molar-refractivity contribution >= 4 is 53.9 Å². The smallest absolute Gasteiger partial charge is 0.00697 e. The zero-order chi connectivity index (χ0) is 26.8. The maximum atomic E-state index is 2.43. The molecule has 40 heavy (non-hydrogen) atoms. The highest BCUT2D eigenvalue weighted by Crippen LogP contribution is 2.43. The average molecular weight is 509 g/mol. The number of hydrogen-bond acceptors (Lipinski definition) is 0. The van der Waals surface area contributed by atoms with E-state index in [2.05, 4.69) is 147 Å². The molecule has 0 nitrogen and oxygen atoms in total. The Hall–Kier alpha value is -4.94. The van der Waals surface area contributed by atoms with E-state index in [0.29, 0.717) is 0 Å². The molecule has 0 saturated heterocycles. The fourth-order valence-corrected chi connectivity index (χ4v) is 6.88. The van der Waals surface area contributed by atoms with Gasteiger partial charge in [0.2, 0.25) is 0 Å². The number of benzene rings is 8. The molecule has 0 aliphatic rings. The maximum absolute atomic E-state index is 2.43. The van der Waals surface area contributed by atoms with Gasteiger partial charge in [0.1, 0.15) is 0 Å². The fourth-order valence-electron chi connectivity index (χ4n) is 6.88. The van der Waals surface area contributed by atoms with E-state index < -0.39 is 0 Å². The Labute approximate surface area is 234 Å². The first-order chi connectivity index (χ1) is 19.7. The Bertz CT molecular complexity index is 2250. The number of hydrogen-bond donors (Lipinski definition) is 0. The first-order valence-electron chi connectivity index (χ1n) is 14.0. The average Bonchev–Trinajstić information content (AvgIpc) is 3.01. The lowest BCUT2D eigenvalue weighted by atomic mass is 9.84. The molecule has 0 radical (unpaired) electrons. The van der Waals surface area contributed by atoms with Crippen LogP contribution in [0.5, 0.6) is 0 Å². The van der Waals surface area contributed by atoms with Crippen LogP contribution in [0.2, 0.25) is 0 Å². The van der Waals surface area contributed by atoms with Gasteiger partial charge in [-0.2, -0.15) is 0 Å². The molecule has 0 unspecified atom stereocenters. The summed E-state index contributed by atoms with van der Waals surface area (Å²) in [6, 6.07) is 49.2. The summed E-state index contributed by atoms with van der Waals surface area (Å²) in [6.07, 6.45) is 0. The van der Waals surface area contributed by atoms with E-state index in [1.807, 2.05) is 0 Å². The van der Waals surface area contributed by atoms with Crippen LogP contribution in [0.15, 0.2) is 133 Å². The monoisotopic (exact) mass is 508 g/mol. The lowest BCUT2D eigenvalue weighted by Crippen LogP contribution is -1.94. The Balaban J connectivity index is 1.46. The number of rotatable bonds is 2. The zero-order valence-corrected chi connectivity index (χ0v) is 22.7. The van der Waals surface area contributed by atoms with E-state index in [9.17, 15) is 0 Å². The highest BCUT2D eigenvalue weighted by molar-refractivity contribution is 6.26. The normalized spacial score (nSPS) is 11.8. The molecule has 0 saturated carbocycles. The van der Waals surface area contributed by atoms with Crippen molar-refractivity contribution in [1.82, 2.24) is 0 Å². The molecule has 0 aliphatic heterocycles. The van der Waals surface area contributed by atoms with Crippen molar-refractivity contribution < 1.29 is 0 Å². The topological polar surface area (TPSA) is 0 Å². The second kappa shape index (κ2) is 8.79. The van der Waals surface area contributed by atoms with Crippen LogP contribution >= 0.6 is 0 Å². The van der Waals surface area contributed by atoms with E-state index in [0.717, 1.165) is 0 Å². The number of fused-ring (bicyclic) bond motifs is 8. The van der Waals surface area contributed by atoms with Gasteiger partial charge in [-0.3, -0.25) is 0 Å². The van der Waals surface area contributed by atoms with Gasteiger partial charge in [0, 0.05) is 0 Å². The highest BCUT2D eigenvalue weighted by Gasteiger charge is 2.17. The molecule has 0 bridgehead atoms. The van der Waals surface area contributed by atoms with Gasteiger partial charge in [0.25, 0.3) is 0 Å². The lowest BCUT2D eigenvalue weighted by molar-refractivity contribution is 1.44. The summed E-state index contributed by atoms with van der Waals surface area (Å²) in [6.45, 7) is 4.56. The van der Waals surface area contributed by atoms with Crippen LogP contribution in [0.4, 0.5) is 0 Å². The second-order valence-corrected chi connectivity index (χ2v) is 11.0. The molecule has 0 aliphatic carbocycles. The van der Waals surface area contributed by atoms with Gasteiger partial charge in [-0.05, 0) is 113 Å². The molecule has 188 valence electrons. The first kappa shape index (κ1) is 23.0. The molecule has 0 spiro atoms. The summed E-state index contributed by atoms with van der Waals surface area (Å²) in [5, 5.41) is 13.0. The van der Waals surface area contributed by atoms with Crippen molar-refractivity contribution in [2.45, 2.75) is 13.8 Å². The summed E-state index contributed by atoms with van der Waals surface area (Å²) < 4.78 is 0. The van der Waals surface area contributed by atoms with Gasteiger partial charge in [0.05, 0.1) is 0 Å². The Morgan fingerprint density at radius 1 is 0.325 bits per heavy atom. The van der Waals surface area contributed by atoms with E-state index in [4.69, 9.17) is 0 Å². The van der Waals surface area contributed by atoms with Crippen molar-refractivity contribution in [2.75, 3.05) is 0 Å². The molecule has 0 atom stereocenters. The molecule has 0 fully saturated rings. The van der Waals surface area contributed by atoms with Gasteiger partial charge >= 0.3 is 0 Å². The van der Waals surface area contributed by atoms with Gasteiger partial charge in [-0.1, -0.05) is 121 Å². The van der Waals surface area contributed by atoms with Crippen LogP contribution < -0.4 is 0 Å². The minimum Gasteiger partial charge on any atom is -0.0616 e. The van der Waals surface area contributed by atoms with E-state index >= 15 is 0 Å². The largest absolute Gasteiger partial charge is 0.0616 e. The third-order valence-corrected chi connectivity index (χ3v) is 8.83. The van der Waals surface area contributed by atoms with E-state index in [1.54, 1.807) is 0 Å². The van der Waals surface area contributed by atoms with Gasteiger partial charge in [0.15, 0.2) is 0 Å². The van der Waals surface area contributed by atoms with Crippen LogP contribution in [-0.4, -0.2) is 0 Å². The summed E-state index contributed by atoms with van der Waals surface area (Å²) in [4.78, 5) is 0. The fraction of sp³-hybridized carbons (Fsp3) is 0.0500. The molecule has 8 aromatic carbocycles. The van der Waals surface area contributed by atoms with Gasteiger partial charge < -0.3 is 0 Å². The van der Waals surface area contributed by atoms with Crippen molar-refractivity contribution in [3.63, 3.8) is 0 Å². The van der Waals surface area contributed by atoms with Crippen LogP contribution in [0.25, 0.3) is 76.1 Å². The van der Waals surface area contributed by atoms with Crippen LogP contribution in [-0.2, 0) is 0 Å². The molecule has 0 N–H and O–H groups in total. The molecular formula is C40H28. The van der Waals surface area contributed by atoms with E-state index in [-0.39, 0.29) is 0 Å². The standard InChI is InChI=1S/C40H28/c1-25-30-13-5-3-11-27(30)19-21-31(25)38-23-28-12-4-6-14-32(28)40(26(38)2)29-20-22-37-35-17-8-7-15-33(35)34-16-9-10-18-36(34)39(37)24-29/h3-24H,1-2H3. The molecular weight excluding hydrogens is 480 g/mol. The van der Waals surface area contributed by atoms with Gasteiger partial charge in [-0.15, -0.1) is 0 Å². The Morgan fingerprint density at radius 3 is 1.52 bits per heavy atom. The predicted octanol–water partition coefficient (Wildman–Crippen LogP) is 11.4. The maximum Gasteiger partial charge on any atom is -0.00697 e. The molecule has 8 rings (SSSR count). The molecule has 0 heterocycles. The first-order valence-corrected chi connectivity index (χ1v) is 14.0. The third-order valence-electron chi connectivity index (χ3n) is 8.83. The van der Waals surface area contributed by atoms with Crippen LogP contribution in [0.3, 0.4) is 0 Å². The van der Waals surface area contributed by atoms with Crippen molar-refractivity contribution in [2.24, 2.45) is 0 Å². The lowest BCUT2D eigenvalue weighted by Gasteiger charge is -2.19. The number of aryl methyl sites for hydroxylation is 1. The minimum absolute atomic E-state index is 1.27. The summed E-state index contributed by atoms with van der Waals surface area (Å²) in [5.74, 6) is 0. The van der Waals surface area contributed by atoms with Crippen LogP contribution in [0.1, 0.15) is 11.1 Å². The van der Waals surface area contributed by atoms with E-state index in [1.165, 1.54) is 87.2 Å². The molecule has 8 aromatic rings. The summed E-state index contributed by atoms with van der Waals surface area (Å²) >= 11 is 0. The highest BCUT2D eigenvalue weighted by atomic mass is 14.2. The second-order valence-electron chi connectivity index (χ2n) is 11.0. The summed E-state index contributed by atoms with van der Waals surface area (Å²) in [5.41, 5.74) is 7.85. The predicted molar refractivity (Wildman–Crippen MR) is 174 cm³/mol. The zero-order valence-electron chi connectivity index (χ0n) is 22.7. The molecule has 0 aromatic heterocycles. The van der Waals surface area contributed by atoms with Crippen molar-refractivity contribution in [1.29, 1.82) is 0 Å². The SMILES string of the molecule is Cc1c(-c2ccc3ccccc3c2C)cc2ccccc2c1-c1ccc2c3ccccc3c3ccccc3c2c1.